The first-order chi connectivity index (χ1) is 8.43. The molecule has 1 atom stereocenters. The molecule has 1 N–H and O–H groups in total. The minimum atomic E-state index is -2.99. The van der Waals surface area contributed by atoms with E-state index >= 15 is 0 Å². The summed E-state index contributed by atoms with van der Waals surface area (Å²) in [6, 6.07) is -0.304. The molecule has 1 amide bonds. The predicted octanol–water partition coefficient (Wildman–Crippen LogP) is 0.462. The summed E-state index contributed by atoms with van der Waals surface area (Å²) in [6.07, 6.45) is 1.07. The number of aryl methyl sites for hydroxylation is 2. The van der Waals surface area contributed by atoms with Crippen LogP contribution in [0.25, 0.3) is 0 Å². The molecule has 1 aromatic heterocycles. The Morgan fingerprint density at radius 1 is 1.56 bits per heavy atom. The summed E-state index contributed by atoms with van der Waals surface area (Å²) in [6.45, 7) is 3.56. The average Bonchev–Trinajstić information content (AvgIpc) is 2.81. The van der Waals surface area contributed by atoms with Crippen molar-refractivity contribution in [1.29, 1.82) is 0 Å². The van der Waals surface area contributed by atoms with E-state index < -0.39 is 9.84 Å². The Morgan fingerprint density at radius 2 is 2.28 bits per heavy atom. The van der Waals surface area contributed by atoms with E-state index in [0.717, 1.165) is 0 Å². The Kier molecular flexibility index (Phi) is 3.43. The van der Waals surface area contributed by atoms with Crippen LogP contribution < -0.4 is 5.32 Å². The molecule has 0 radical (unpaired) electrons. The standard InChI is InChI=1S/C11H16N2O4S/c1-3-9-10(7(2)17-13-9)11(14)12-8-4-5-18(15,16)6-8/h8H,3-6H2,1-2H3,(H,12,14)/t8-/m0/s1. The van der Waals surface area contributed by atoms with Crippen LogP contribution in [0.15, 0.2) is 4.52 Å². The van der Waals surface area contributed by atoms with Crippen LogP contribution in [0.1, 0.15) is 35.2 Å². The molecule has 6 nitrogen and oxygen atoms in total. The van der Waals surface area contributed by atoms with E-state index in [0.29, 0.717) is 29.9 Å². The highest BCUT2D eigenvalue weighted by atomic mass is 32.2. The molecule has 18 heavy (non-hydrogen) atoms. The monoisotopic (exact) mass is 272 g/mol. The van der Waals surface area contributed by atoms with Crippen molar-refractivity contribution in [3.05, 3.63) is 17.0 Å². The van der Waals surface area contributed by atoms with Gasteiger partial charge in [0.25, 0.3) is 5.91 Å². The molecule has 1 aliphatic rings. The Labute approximate surface area is 106 Å². The second-order valence-corrected chi connectivity index (χ2v) is 6.72. The minimum absolute atomic E-state index is 0.0184. The van der Waals surface area contributed by atoms with Crippen molar-refractivity contribution in [1.82, 2.24) is 10.5 Å². The van der Waals surface area contributed by atoms with Crippen molar-refractivity contribution in [2.45, 2.75) is 32.7 Å². The Hall–Kier alpha value is -1.37. The van der Waals surface area contributed by atoms with Gasteiger partial charge in [0, 0.05) is 6.04 Å². The summed E-state index contributed by atoms with van der Waals surface area (Å²) in [5.74, 6) is 0.323. The SMILES string of the molecule is CCc1noc(C)c1C(=O)N[C@H]1CCS(=O)(=O)C1. The largest absolute Gasteiger partial charge is 0.361 e. The molecule has 0 aliphatic carbocycles. The highest BCUT2D eigenvalue weighted by Gasteiger charge is 2.30. The van der Waals surface area contributed by atoms with Crippen molar-refractivity contribution in [2.75, 3.05) is 11.5 Å². The third-order valence-electron chi connectivity index (χ3n) is 3.06. The molecule has 2 heterocycles. The molecule has 1 saturated heterocycles. The summed E-state index contributed by atoms with van der Waals surface area (Å²) in [4.78, 5) is 12.1. The van der Waals surface area contributed by atoms with Crippen LogP contribution in [-0.4, -0.2) is 37.0 Å². The lowest BCUT2D eigenvalue weighted by molar-refractivity contribution is 0.0939. The zero-order valence-electron chi connectivity index (χ0n) is 10.4. The van der Waals surface area contributed by atoms with Gasteiger partial charge in [-0.15, -0.1) is 0 Å². The van der Waals surface area contributed by atoms with E-state index in [4.69, 9.17) is 4.52 Å². The second-order valence-electron chi connectivity index (χ2n) is 4.49. The minimum Gasteiger partial charge on any atom is -0.361 e. The number of hydrogen-bond acceptors (Lipinski definition) is 5. The van der Waals surface area contributed by atoms with Gasteiger partial charge < -0.3 is 9.84 Å². The molecule has 1 aromatic rings. The van der Waals surface area contributed by atoms with Crippen LogP contribution in [-0.2, 0) is 16.3 Å². The Morgan fingerprint density at radius 3 is 2.83 bits per heavy atom. The number of rotatable bonds is 3. The molecule has 0 unspecified atom stereocenters. The first-order valence-corrected chi connectivity index (χ1v) is 7.71. The van der Waals surface area contributed by atoms with Gasteiger partial charge >= 0.3 is 0 Å². The highest BCUT2D eigenvalue weighted by Crippen LogP contribution is 2.16. The lowest BCUT2D eigenvalue weighted by Crippen LogP contribution is -2.36. The number of carbonyl (C=O) groups is 1. The number of nitrogens with one attached hydrogen (secondary N) is 1. The van der Waals surface area contributed by atoms with Gasteiger partial charge in [-0.25, -0.2) is 8.42 Å². The van der Waals surface area contributed by atoms with Gasteiger partial charge in [-0.2, -0.15) is 0 Å². The fraction of sp³-hybridized carbons (Fsp3) is 0.636. The van der Waals surface area contributed by atoms with E-state index in [1.54, 1.807) is 6.92 Å². The maximum atomic E-state index is 12.1. The van der Waals surface area contributed by atoms with Crippen LogP contribution in [0, 0.1) is 6.92 Å². The zero-order valence-corrected chi connectivity index (χ0v) is 11.2. The van der Waals surface area contributed by atoms with Crippen molar-refractivity contribution >= 4 is 15.7 Å². The Bertz CT molecular complexity index is 562. The van der Waals surface area contributed by atoms with Gasteiger partial charge in [0.2, 0.25) is 0 Å². The van der Waals surface area contributed by atoms with Gasteiger partial charge in [0.1, 0.15) is 11.3 Å². The first kappa shape index (κ1) is 13.1. The third-order valence-corrected chi connectivity index (χ3v) is 4.83. The van der Waals surface area contributed by atoms with E-state index in [1.807, 2.05) is 6.92 Å². The van der Waals surface area contributed by atoms with Crippen LogP contribution in [0.4, 0.5) is 0 Å². The smallest absolute Gasteiger partial charge is 0.257 e. The molecule has 7 heteroatoms. The molecule has 0 bridgehead atoms. The maximum absolute atomic E-state index is 12.1. The second kappa shape index (κ2) is 4.72. The summed E-state index contributed by atoms with van der Waals surface area (Å²) in [7, 11) is -2.99. The summed E-state index contributed by atoms with van der Waals surface area (Å²) in [5.41, 5.74) is 1.03. The van der Waals surface area contributed by atoms with Crippen LogP contribution >= 0.6 is 0 Å². The third kappa shape index (κ3) is 2.55. The maximum Gasteiger partial charge on any atom is 0.257 e. The fourth-order valence-electron chi connectivity index (χ4n) is 2.12. The number of nitrogens with zero attached hydrogens (tertiary/aromatic N) is 1. The van der Waals surface area contributed by atoms with Crippen molar-refractivity contribution in [2.24, 2.45) is 0 Å². The van der Waals surface area contributed by atoms with E-state index in [-0.39, 0.29) is 23.5 Å². The van der Waals surface area contributed by atoms with Gasteiger partial charge in [0.15, 0.2) is 9.84 Å². The van der Waals surface area contributed by atoms with Crippen molar-refractivity contribution in [3.8, 4) is 0 Å². The number of amides is 1. The quantitative estimate of drug-likeness (QED) is 0.863. The molecule has 0 aromatic carbocycles. The highest BCUT2D eigenvalue weighted by molar-refractivity contribution is 7.91. The summed E-state index contributed by atoms with van der Waals surface area (Å²) in [5, 5.41) is 6.54. The Balaban J connectivity index is 2.11. The van der Waals surface area contributed by atoms with Gasteiger partial charge in [0.05, 0.1) is 17.2 Å². The molecular formula is C11H16N2O4S. The van der Waals surface area contributed by atoms with E-state index in [1.165, 1.54) is 0 Å². The molecule has 100 valence electrons. The van der Waals surface area contributed by atoms with Crippen LogP contribution in [0.3, 0.4) is 0 Å². The molecule has 1 fully saturated rings. The number of hydrogen-bond donors (Lipinski definition) is 1. The number of aromatic nitrogens is 1. The topological polar surface area (TPSA) is 89.3 Å². The number of sulfone groups is 1. The molecule has 1 aliphatic heterocycles. The van der Waals surface area contributed by atoms with Gasteiger partial charge in [-0.1, -0.05) is 12.1 Å². The van der Waals surface area contributed by atoms with Crippen LogP contribution in [0.2, 0.25) is 0 Å². The molecule has 0 spiro atoms. The molecule has 2 rings (SSSR count). The zero-order chi connectivity index (χ0) is 13.3. The van der Waals surface area contributed by atoms with Crippen molar-refractivity contribution in [3.63, 3.8) is 0 Å². The van der Waals surface area contributed by atoms with E-state index in [9.17, 15) is 13.2 Å². The fourth-order valence-corrected chi connectivity index (χ4v) is 3.79. The van der Waals surface area contributed by atoms with E-state index in [2.05, 4.69) is 10.5 Å². The first-order valence-electron chi connectivity index (χ1n) is 5.89. The summed E-state index contributed by atoms with van der Waals surface area (Å²) < 4.78 is 27.6. The normalized spacial score (nSPS) is 22.0. The summed E-state index contributed by atoms with van der Waals surface area (Å²) >= 11 is 0. The van der Waals surface area contributed by atoms with Gasteiger partial charge in [-0.05, 0) is 19.8 Å². The predicted molar refractivity (Wildman–Crippen MR) is 65.1 cm³/mol. The molecular weight excluding hydrogens is 256 g/mol. The average molecular weight is 272 g/mol. The van der Waals surface area contributed by atoms with Crippen LogP contribution in [0.5, 0.6) is 0 Å². The van der Waals surface area contributed by atoms with Crippen molar-refractivity contribution < 1.29 is 17.7 Å². The lowest BCUT2D eigenvalue weighted by Gasteiger charge is -2.10. The molecule has 0 saturated carbocycles. The number of carbonyl (C=O) groups excluding carboxylic acids is 1. The lowest BCUT2D eigenvalue weighted by atomic mass is 10.1. The van der Waals surface area contributed by atoms with Gasteiger partial charge in [-0.3, -0.25) is 4.79 Å².